The van der Waals surface area contributed by atoms with Crippen molar-refractivity contribution in [3.05, 3.63) is 33.9 Å². The molecule has 0 radical (unpaired) electrons. The Morgan fingerprint density at radius 3 is 2.57 bits per heavy atom. The van der Waals surface area contributed by atoms with E-state index in [9.17, 15) is 19.1 Å². The lowest BCUT2D eigenvalue weighted by atomic mass is 10.1. The monoisotopic (exact) mass is 391 g/mol. The van der Waals surface area contributed by atoms with E-state index in [4.69, 9.17) is 10.6 Å². The number of hydrazine groups is 2. The summed E-state index contributed by atoms with van der Waals surface area (Å²) in [6.07, 6.45) is 3.06. The van der Waals surface area contributed by atoms with Gasteiger partial charge in [0.2, 0.25) is 5.43 Å². The summed E-state index contributed by atoms with van der Waals surface area (Å²) in [7, 11) is 1.41. The van der Waals surface area contributed by atoms with E-state index < -0.39 is 17.2 Å². The lowest BCUT2D eigenvalue weighted by Gasteiger charge is -2.33. The molecule has 10 heteroatoms. The Balaban J connectivity index is 1.89. The predicted octanol–water partition coefficient (Wildman–Crippen LogP) is 1.00. The summed E-state index contributed by atoms with van der Waals surface area (Å²) >= 11 is 0. The Bertz CT molecular complexity index is 996. The second-order valence-electron chi connectivity index (χ2n) is 7.11. The van der Waals surface area contributed by atoms with E-state index >= 15 is 0 Å². The van der Waals surface area contributed by atoms with E-state index in [2.05, 4.69) is 5.43 Å². The lowest BCUT2D eigenvalue weighted by molar-refractivity contribution is 0.0695. The van der Waals surface area contributed by atoms with Gasteiger partial charge in [-0.15, -0.1) is 0 Å². The van der Waals surface area contributed by atoms with Crippen molar-refractivity contribution in [2.45, 2.75) is 18.9 Å². The Labute approximate surface area is 160 Å². The molecular weight excluding hydrogens is 369 g/mol. The van der Waals surface area contributed by atoms with Gasteiger partial charge in [0.25, 0.3) is 0 Å². The number of anilines is 1. The number of nitrogens with zero attached hydrogens (tertiary/aromatic N) is 3. The number of nitrogens with one attached hydrogen (secondary N) is 1. The van der Waals surface area contributed by atoms with Gasteiger partial charge in [-0.2, -0.15) is 0 Å². The number of rotatable bonds is 5. The number of aromatic carboxylic acids is 1. The lowest BCUT2D eigenvalue weighted by Crippen LogP contribution is -2.51. The molecule has 1 saturated carbocycles. The number of nitrogens with two attached hydrogens (primary N) is 1. The second-order valence-corrected chi connectivity index (χ2v) is 7.11. The molecule has 0 atom stereocenters. The molecule has 1 saturated heterocycles. The van der Waals surface area contributed by atoms with Crippen LogP contribution in [0.1, 0.15) is 29.2 Å². The fraction of sp³-hybridized carbons (Fsp3) is 0.444. The van der Waals surface area contributed by atoms with Crippen LogP contribution in [-0.2, 0) is 0 Å². The number of piperazine rings is 1. The van der Waals surface area contributed by atoms with Gasteiger partial charge in [-0.05, 0) is 18.9 Å². The summed E-state index contributed by atoms with van der Waals surface area (Å²) in [5.41, 5.74) is 2.47. The van der Waals surface area contributed by atoms with Crippen molar-refractivity contribution in [2.75, 3.05) is 38.7 Å². The molecule has 1 aliphatic heterocycles. The molecule has 0 spiro atoms. The summed E-state index contributed by atoms with van der Waals surface area (Å²) in [6.45, 7) is 2.42. The van der Waals surface area contributed by atoms with Gasteiger partial charge in [0, 0.05) is 38.4 Å². The zero-order valence-corrected chi connectivity index (χ0v) is 15.4. The zero-order valence-electron chi connectivity index (χ0n) is 15.4. The van der Waals surface area contributed by atoms with Gasteiger partial charge in [-0.1, -0.05) is 0 Å². The topological polar surface area (TPSA) is 113 Å². The van der Waals surface area contributed by atoms with Gasteiger partial charge < -0.3 is 19.8 Å². The van der Waals surface area contributed by atoms with Crippen LogP contribution in [0.2, 0.25) is 0 Å². The van der Waals surface area contributed by atoms with E-state index in [1.54, 1.807) is 9.58 Å². The molecule has 4 rings (SSSR count). The summed E-state index contributed by atoms with van der Waals surface area (Å²) in [5.74, 6) is 3.94. The fourth-order valence-corrected chi connectivity index (χ4v) is 3.54. The molecule has 4 N–H and O–H groups in total. The number of carboxylic acids is 1. The van der Waals surface area contributed by atoms with Crippen LogP contribution in [0.3, 0.4) is 0 Å². The van der Waals surface area contributed by atoms with Crippen LogP contribution in [0.5, 0.6) is 5.75 Å². The number of methoxy groups -OCH3 is 1. The standard InChI is InChI=1S/C18H22FN5O4/c1-28-17-14(21-23-6-4-22(20)5-7-23)13(19)8-11-15(17)24(10-2-3-10)9-12(16(11)25)18(26)27/h8-10,21H,2-7,20H2,1H3,(H,26,27). The van der Waals surface area contributed by atoms with Gasteiger partial charge in [0.1, 0.15) is 11.3 Å². The van der Waals surface area contributed by atoms with E-state index in [1.165, 1.54) is 13.3 Å². The number of benzene rings is 1. The largest absolute Gasteiger partial charge is 0.492 e. The van der Waals surface area contributed by atoms with Gasteiger partial charge in [0.05, 0.1) is 18.0 Å². The molecule has 2 aromatic rings. The van der Waals surface area contributed by atoms with Crippen LogP contribution in [0.4, 0.5) is 10.1 Å². The first kappa shape index (κ1) is 18.7. The van der Waals surface area contributed by atoms with Crippen molar-refractivity contribution >= 4 is 22.6 Å². The van der Waals surface area contributed by atoms with Crippen molar-refractivity contribution in [3.8, 4) is 5.75 Å². The van der Waals surface area contributed by atoms with Crippen LogP contribution in [0, 0.1) is 5.82 Å². The van der Waals surface area contributed by atoms with E-state index in [0.717, 1.165) is 18.9 Å². The van der Waals surface area contributed by atoms with Crippen LogP contribution in [-0.4, -0.2) is 58.9 Å². The molecule has 1 aliphatic carbocycles. The number of hydrogen-bond acceptors (Lipinski definition) is 7. The predicted molar refractivity (Wildman–Crippen MR) is 101 cm³/mol. The molecule has 2 fully saturated rings. The minimum absolute atomic E-state index is 0.00141. The number of halogens is 1. The Morgan fingerprint density at radius 1 is 1.32 bits per heavy atom. The van der Waals surface area contributed by atoms with Crippen molar-refractivity contribution in [2.24, 2.45) is 5.84 Å². The third kappa shape index (κ3) is 3.19. The molecule has 1 aromatic heterocycles. The Kier molecular flexibility index (Phi) is 4.69. The van der Waals surface area contributed by atoms with Crippen LogP contribution >= 0.6 is 0 Å². The number of pyridine rings is 1. The summed E-state index contributed by atoms with van der Waals surface area (Å²) in [6, 6.07) is 1.15. The first-order valence-corrected chi connectivity index (χ1v) is 9.10. The minimum Gasteiger partial charge on any atom is -0.492 e. The van der Waals surface area contributed by atoms with Gasteiger partial charge in [0.15, 0.2) is 11.6 Å². The molecule has 2 heterocycles. The number of ether oxygens (including phenoxy) is 1. The highest BCUT2D eigenvalue weighted by Gasteiger charge is 2.30. The number of aromatic nitrogens is 1. The highest BCUT2D eigenvalue weighted by Crippen LogP contribution is 2.42. The maximum absolute atomic E-state index is 15.0. The molecule has 2 aliphatic rings. The SMILES string of the molecule is COc1c(NN2CCN(N)CC2)c(F)cc2c(=O)c(C(=O)O)cn(C3CC3)c12. The maximum atomic E-state index is 15.0. The summed E-state index contributed by atoms with van der Waals surface area (Å²) in [4.78, 5) is 24.1. The van der Waals surface area contributed by atoms with E-state index in [1.807, 2.05) is 5.01 Å². The van der Waals surface area contributed by atoms with Crippen molar-refractivity contribution in [1.29, 1.82) is 0 Å². The number of fused-ring (bicyclic) bond motifs is 1. The van der Waals surface area contributed by atoms with Gasteiger partial charge >= 0.3 is 5.97 Å². The maximum Gasteiger partial charge on any atom is 0.341 e. The zero-order chi connectivity index (χ0) is 20.0. The molecule has 150 valence electrons. The molecule has 9 nitrogen and oxygen atoms in total. The molecule has 0 unspecified atom stereocenters. The smallest absolute Gasteiger partial charge is 0.341 e. The molecule has 0 bridgehead atoms. The summed E-state index contributed by atoms with van der Waals surface area (Å²) in [5, 5.41) is 12.9. The third-order valence-corrected chi connectivity index (χ3v) is 5.18. The van der Waals surface area contributed by atoms with E-state index in [0.29, 0.717) is 31.7 Å². The highest BCUT2D eigenvalue weighted by molar-refractivity contribution is 5.96. The Hall–Kier alpha value is -2.69. The number of carboxylic acid groups (broad SMARTS) is 1. The number of hydrogen-bond donors (Lipinski definition) is 3. The van der Waals surface area contributed by atoms with E-state index in [-0.39, 0.29) is 28.4 Å². The third-order valence-electron chi connectivity index (χ3n) is 5.18. The van der Waals surface area contributed by atoms with Gasteiger partial charge in [-0.25, -0.2) is 19.2 Å². The normalized spacial score (nSPS) is 18.4. The van der Waals surface area contributed by atoms with Gasteiger partial charge in [-0.3, -0.25) is 10.6 Å². The Morgan fingerprint density at radius 2 is 2.00 bits per heavy atom. The van der Waals surface area contributed by atoms with Crippen molar-refractivity contribution in [3.63, 3.8) is 0 Å². The van der Waals surface area contributed by atoms with Crippen LogP contribution in [0.25, 0.3) is 10.9 Å². The highest BCUT2D eigenvalue weighted by atomic mass is 19.1. The fourth-order valence-electron chi connectivity index (χ4n) is 3.54. The summed E-state index contributed by atoms with van der Waals surface area (Å²) < 4.78 is 22.2. The molecular formula is C18H22FN5O4. The first-order valence-electron chi connectivity index (χ1n) is 9.10. The van der Waals surface area contributed by atoms with Crippen LogP contribution in [0.15, 0.2) is 17.1 Å². The van der Waals surface area contributed by atoms with Crippen molar-refractivity contribution < 1.29 is 19.0 Å². The first-order chi connectivity index (χ1) is 13.4. The second kappa shape index (κ2) is 7.04. The average Bonchev–Trinajstić information content (AvgIpc) is 3.50. The average molecular weight is 391 g/mol. The number of carbonyl (C=O) groups is 1. The molecule has 28 heavy (non-hydrogen) atoms. The molecule has 1 aromatic carbocycles. The van der Waals surface area contributed by atoms with Crippen LogP contribution < -0.4 is 21.4 Å². The van der Waals surface area contributed by atoms with Crippen molar-refractivity contribution in [1.82, 2.24) is 14.6 Å². The quantitative estimate of drug-likeness (QED) is 0.647. The molecule has 0 amide bonds. The minimum atomic E-state index is -1.33.